The van der Waals surface area contributed by atoms with Crippen LogP contribution in [0.2, 0.25) is 0 Å². The highest BCUT2D eigenvalue weighted by Gasteiger charge is 2.10. The lowest BCUT2D eigenvalue weighted by atomic mass is 10.2. The zero-order chi connectivity index (χ0) is 9.56. The molecule has 6 heteroatoms. The molecule has 0 aromatic carbocycles. The second-order valence-corrected chi connectivity index (χ2v) is 2.48. The van der Waals surface area contributed by atoms with E-state index in [1.807, 2.05) is 0 Å². The molecule has 1 atom stereocenters. The lowest BCUT2D eigenvalue weighted by molar-refractivity contribution is -0.138. The van der Waals surface area contributed by atoms with Gasteiger partial charge in [-0.3, -0.25) is 9.59 Å². The Balaban J connectivity index is 3.43. The van der Waals surface area contributed by atoms with Crippen LogP contribution in [0.3, 0.4) is 0 Å². The quantitative estimate of drug-likeness (QED) is 0.497. The summed E-state index contributed by atoms with van der Waals surface area (Å²) in [7, 11) is 0. The van der Waals surface area contributed by atoms with Gasteiger partial charge in [-0.05, 0) is 6.42 Å². The van der Waals surface area contributed by atoms with E-state index in [1.54, 1.807) is 0 Å². The minimum atomic E-state index is -1.07. The number of carbonyl (C=O) groups is 2. The van der Waals surface area contributed by atoms with Crippen molar-refractivity contribution in [3.8, 4) is 0 Å². The van der Waals surface area contributed by atoms with Gasteiger partial charge in [0.05, 0.1) is 0 Å². The molecule has 0 rings (SSSR count). The molecule has 12 heavy (non-hydrogen) atoms. The molecule has 0 spiro atoms. The predicted octanol–water partition coefficient (Wildman–Crippen LogP) is -0.857. The van der Waals surface area contributed by atoms with Crippen molar-refractivity contribution in [2.45, 2.75) is 12.5 Å². The number of amides is 1. The van der Waals surface area contributed by atoms with Crippen LogP contribution in [-0.2, 0) is 9.59 Å². The molecule has 0 unspecified atom stereocenters. The highest BCUT2D eigenvalue weighted by molar-refractivity contribution is 6.27. The van der Waals surface area contributed by atoms with Gasteiger partial charge in [0.15, 0.2) is 0 Å². The number of halogens is 1. The molecule has 0 saturated heterocycles. The standard InChI is InChI=1S/C6H11ClN2O3/c7-3-5(10)9-2-1-4(8)6(11)12/h4H,1-3,8H2,(H,9,10)(H,11,12)/t4-/m0/s1. The van der Waals surface area contributed by atoms with E-state index in [1.165, 1.54) is 0 Å². The van der Waals surface area contributed by atoms with E-state index in [-0.39, 0.29) is 24.8 Å². The molecule has 1 amide bonds. The van der Waals surface area contributed by atoms with Crippen molar-refractivity contribution in [3.05, 3.63) is 0 Å². The van der Waals surface area contributed by atoms with E-state index in [9.17, 15) is 9.59 Å². The van der Waals surface area contributed by atoms with Crippen molar-refractivity contribution in [2.75, 3.05) is 12.4 Å². The fourth-order valence-corrected chi connectivity index (χ4v) is 0.632. The number of hydrogen-bond donors (Lipinski definition) is 3. The van der Waals surface area contributed by atoms with E-state index in [2.05, 4.69) is 5.32 Å². The highest BCUT2D eigenvalue weighted by atomic mass is 35.5. The lowest BCUT2D eigenvalue weighted by Gasteiger charge is -2.06. The Labute approximate surface area is 74.9 Å². The van der Waals surface area contributed by atoms with Crippen LogP contribution in [0.1, 0.15) is 6.42 Å². The second-order valence-electron chi connectivity index (χ2n) is 2.22. The van der Waals surface area contributed by atoms with Crippen LogP contribution < -0.4 is 11.1 Å². The third kappa shape index (κ3) is 4.92. The Kier molecular flexibility index (Phi) is 5.40. The average molecular weight is 195 g/mol. The molecule has 0 aromatic heterocycles. The molecule has 0 radical (unpaired) electrons. The summed E-state index contributed by atoms with van der Waals surface area (Å²) < 4.78 is 0. The Morgan fingerprint density at radius 3 is 2.58 bits per heavy atom. The maximum absolute atomic E-state index is 10.5. The minimum absolute atomic E-state index is 0.123. The SMILES string of the molecule is N[C@@H](CCNC(=O)CCl)C(=O)O. The van der Waals surface area contributed by atoms with Crippen molar-refractivity contribution in [3.63, 3.8) is 0 Å². The number of nitrogens with two attached hydrogens (primary N) is 1. The first-order chi connectivity index (χ1) is 5.57. The van der Waals surface area contributed by atoms with Gasteiger partial charge in [-0.1, -0.05) is 0 Å². The van der Waals surface area contributed by atoms with Gasteiger partial charge in [-0.15, -0.1) is 11.6 Å². The number of carboxylic acid groups (broad SMARTS) is 1. The first kappa shape index (κ1) is 11.2. The number of carboxylic acids is 1. The fraction of sp³-hybridized carbons (Fsp3) is 0.667. The van der Waals surface area contributed by atoms with Gasteiger partial charge >= 0.3 is 5.97 Å². The molecule has 0 aliphatic heterocycles. The Morgan fingerprint density at radius 1 is 1.58 bits per heavy atom. The summed E-state index contributed by atoms with van der Waals surface area (Å²) in [6.07, 6.45) is 0.206. The topological polar surface area (TPSA) is 92.4 Å². The molecule has 4 N–H and O–H groups in total. The molecule has 0 fully saturated rings. The van der Waals surface area contributed by atoms with Crippen LogP contribution >= 0.6 is 11.6 Å². The summed E-state index contributed by atoms with van der Waals surface area (Å²) in [5, 5.41) is 10.7. The molecule has 5 nitrogen and oxygen atoms in total. The van der Waals surface area contributed by atoms with Crippen LogP contribution in [0.5, 0.6) is 0 Å². The van der Waals surface area contributed by atoms with E-state index in [0.717, 1.165) is 0 Å². The number of aliphatic carboxylic acids is 1. The molecule has 0 bridgehead atoms. The van der Waals surface area contributed by atoms with Crippen molar-refractivity contribution in [1.82, 2.24) is 5.32 Å². The second kappa shape index (κ2) is 5.79. The van der Waals surface area contributed by atoms with Gasteiger partial charge in [0.25, 0.3) is 0 Å². The van der Waals surface area contributed by atoms with Crippen molar-refractivity contribution < 1.29 is 14.7 Å². The van der Waals surface area contributed by atoms with Crippen LogP contribution in [0.25, 0.3) is 0 Å². The number of rotatable bonds is 5. The van der Waals surface area contributed by atoms with Gasteiger partial charge in [0, 0.05) is 6.54 Å². The van der Waals surface area contributed by atoms with E-state index < -0.39 is 12.0 Å². The Hall–Kier alpha value is -0.810. The van der Waals surface area contributed by atoms with Crippen LogP contribution in [-0.4, -0.2) is 35.4 Å². The number of carbonyl (C=O) groups excluding carboxylic acids is 1. The molecule has 0 saturated carbocycles. The first-order valence-electron chi connectivity index (χ1n) is 3.39. The van der Waals surface area contributed by atoms with Gasteiger partial charge in [-0.2, -0.15) is 0 Å². The summed E-state index contributed by atoms with van der Waals surface area (Å²) in [6, 6.07) is -0.930. The highest BCUT2D eigenvalue weighted by Crippen LogP contribution is 1.86. The Bertz CT molecular complexity index is 174. The molecule has 0 aliphatic carbocycles. The van der Waals surface area contributed by atoms with E-state index in [4.69, 9.17) is 22.4 Å². The summed E-state index contributed by atoms with van der Waals surface area (Å²) in [6.45, 7) is 0.235. The maximum Gasteiger partial charge on any atom is 0.320 e. The number of hydrogen-bond acceptors (Lipinski definition) is 3. The monoisotopic (exact) mass is 194 g/mol. The van der Waals surface area contributed by atoms with Crippen LogP contribution in [0.15, 0.2) is 0 Å². The average Bonchev–Trinajstić information content (AvgIpc) is 2.03. The molecule has 0 aromatic rings. The van der Waals surface area contributed by atoms with Crippen LogP contribution in [0.4, 0.5) is 0 Å². The van der Waals surface area contributed by atoms with Gasteiger partial charge in [-0.25, -0.2) is 0 Å². The van der Waals surface area contributed by atoms with Gasteiger partial charge < -0.3 is 16.2 Å². The van der Waals surface area contributed by atoms with Crippen molar-refractivity contribution >= 4 is 23.5 Å². The minimum Gasteiger partial charge on any atom is -0.480 e. The molecule has 70 valence electrons. The first-order valence-corrected chi connectivity index (χ1v) is 3.92. The normalized spacial score (nSPS) is 12.2. The predicted molar refractivity (Wildman–Crippen MR) is 44.0 cm³/mol. The van der Waals surface area contributed by atoms with Crippen LogP contribution in [0, 0.1) is 0 Å². The zero-order valence-corrected chi connectivity index (χ0v) is 7.17. The summed E-state index contributed by atoms with van der Waals surface area (Å²) in [5.74, 6) is -1.52. The fourth-order valence-electron chi connectivity index (χ4n) is 0.538. The molecule has 0 aliphatic rings. The maximum atomic E-state index is 10.5. The number of nitrogens with one attached hydrogen (secondary N) is 1. The van der Waals surface area contributed by atoms with Gasteiger partial charge in [0.2, 0.25) is 5.91 Å². The van der Waals surface area contributed by atoms with E-state index >= 15 is 0 Å². The summed E-state index contributed by atoms with van der Waals surface area (Å²) in [5.41, 5.74) is 5.16. The summed E-state index contributed by atoms with van der Waals surface area (Å²) in [4.78, 5) is 20.7. The molecule has 0 heterocycles. The smallest absolute Gasteiger partial charge is 0.320 e. The van der Waals surface area contributed by atoms with Crippen molar-refractivity contribution in [1.29, 1.82) is 0 Å². The largest absolute Gasteiger partial charge is 0.480 e. The lowest BCUT2D eigenvalue weighted by Crippen LogP contribution is -2.35. The number of alkyl halides is 1. The zero-order valence-electron chi connectivity index (χ0n) is 6.42. The summed E-state index contributed by atoms with van der Waals surface area (Å²) >= 11 is 5.17. The third-order valence-electron chi connectivity index (χ3n) is 1.22. The van der Waals surface area contributed by atoms with E-state index in [0.29, 0.717) is 0 Å². The van der Waals surface area contributed by atoms with Crippen molar-refractivity contribution in [2.24, 2.45) is 5.73 Å². The third-order valence-corrected chi connectivity index (χ3v) is 1.46. The molecular weight excluding hydrogens is 184 g/mol. The van der Waals surface area contributed by atoms with Gasteiger partial charge in [0.1, 0.15) is 11.9 Å². The Morgan fingerprint density at radius 2 is 2.17 bits per heavy atom. The molecular formula is C6H11ClN2O3.